The first-order valence-corrected chi connectivity index (χ1v) is 13.0. The Labute approximate surface area is 215 Å². The van der Waals surface area contributed by atoms with Crippen molar-refractivity contribution in [1.82, 2.24) is 20.1 Å². The first-order valence-electron chi connectivity index (χ1n) is 13.0. The molecule has 37 heavy (non-hydrogen) atoms. The lowest BCUT2D eigenvalue weighted by Gasteiger charge is -2.24. The zero-order valence-electron chi connectivity index (χ0n) is 20.9. The van der Waals surface area contributed by atoms with Crippen molar-refractivity contribution in [2.24, 2.45) is 5.92 Å². The summed E-state index contributed by atoms with van der Waals surface area (Å²) in [5.41, 5.74) is 6.92. The number of benzene rings is 2. The van der Waals surface area contributed by atoms with Crippen LogP contribution in [-0.2, 0) is 17.3 Å². The maximum Gasteiger partial charge on any atom is 0.144 e. The van der Waals surface area contributed by atoms with Gasteiger partial charge in [-0.15, -0.1) is 0 Å². The number of hydrogen-bond donors (Lipinski definition) is 2. The molecule has 7 heteroatoms. The van der Waals surface area contributed by atoms with Gasteiger partial charge in [0.1, 0.15) is 28.1 Å². The predicted octanol–water partition coefficient (Wildman–Crippen LogP) is 3.95. The van der Waals surface area contributed by atoms with Crippen molar-refractivity contribution in [3.8, 4) is 23.1 Å². The second-order valence-corrected chi connectivity index (χ2v) is 10.8. The predicted molar refractivity (Wildman–Crippen MR) is 140 cm³/mol. The highest BCUT2D eigenvalue weighted by atomic mass is 16.5. The number of piperidine rings is 1. The molecule has 0 radical (unpaired) electrons. The number of aryl methyl sites for hydroxylation is 1. The minimum atomic E-state index is -0.850. The van der Waals surface area contributed by atoms with E-state index in [-0.39, 0.29) is 12.0 Å². The second-order valence-electron chi connectivity index (χ2n) is 10.8. The number of ether oxygens (including phenoxy) is 1. The van der Waals surface area contributed by atoms with E-state index in [2.05, 4.69) is 51.5 Å². The van der Waals surface area contributed by atoms with Crippen molar-refractivity contribution in [1.29, 1.82) is 5.26 Å². The normalized spacial score (nSPS) is 26.1. The van der Waals surface area contributed by atoms with Crippen LogP contribution in [0.25, 0.3) is 22.3 Å². The van der Waals surface area contributed by atoms with Crippen molar-refractivity contribution in [3.63, 3.8) is 0 Å². The summed E-state index contributed by atoms with van der Waals surface area (Å²) in [6.45, 7) is 3.06. The maximum absolute atomic E-state index is 10.5. The summed E-state index contributed by atoms with van der Waals surface area (Å²) in [5.74, 6) is 1.29. The van der Waals surface area contributed by atoms with Crippen molar-refractivity contribution >= 4 is 11.0 Å². The Morgan fingerprint density at radius 3 is 2.84 bits per heavy atom. The molecule has 2 aromatic heterocycles. The van der Waals surface area contributed by atoms with E-state index < -0.39 is 5.41 Å². The van der Waals surface area contributed by atoms with Gasteiger partial charge in [-0.1, -0.05) is 48.5 Å². The minimum absolute atomic E-state index is 0.215. The van der Waals surface area contributed by atoms with Gasteiger partial charge in [0, 0.05) is 36.7 Å². The summed E-state index contributed by atoms with van der Waals surface area (Å²) in [4.78, 5) is 7.46. The lowest BCUT2D eigenvalue weighted by Crippen LogP contribution is -2.29. The zero-order chi connectivity index (χ0) is 25.2. The lowest BCUT2D eigenvalue weighted by atomic mass is 9.79. The van der Waals surface area contributed by atoms with Gasteiger partial charge in [0.2, 0.25) is 0 Å². The Morgan fingerprint density at radius 1 is 1.22 bits per heavy atom. The Kier molecular flexibility index (Phi) is 4.94. The molecule has 1 saturated carbocycles. The summed E-state index contributed by atoms with van der Waals surface area (Å²) in [6.07, 6.45) is 2.74. The number of aliphatic hydroxyl groups is 1. The van der Waals surface area contributed by atoms with Gasteiger partial charge in [0.05, 0.1) is 25.3 Å². The van der Waals surface area contributed by atoms with E-state index in [1.807, 2.05) is 24.3 Å². The molecule has 1 unspecified atom stereocenters. The number of H-pyrrole nitrogens is 1. The van der Waals surface area contributed by atoms with Crippen molar-refractivity contribution in [2.75, 3.05) is 33.4 Å². The number of likely N-dealkylation sites (tertiary alicyclic amines) is 1. The van der Waals surface area contributed by atoms with E-state index in [1.165, 1.54) is 17.5 Å². The number of pyridine rings is 1. The largest absolute Gasteiger partial charge is 0.495 e. The molecule has 3 aliphatic rings. The summed E-state index contributed by atoms with van der Waals surface area (Å²) in [5, 5.41) is 27.6. The van der Waals surface area contributed by atoms with Gasteiger partial charge in [-0.3, -0.25) is 10.00 Å². The molecule has 2 N–H and O–H groups in total. The summed E-state index contributed by atoms with van der Waals surface area (Å²) < 4.78 is 5.76. The first kappa shape index (κ1) is 22.5. The van der Waals surface area contributed by atoms with Crippen LogP contribution in [0.5, 0.6) is 5.75 Å². The summed E-state index contributed by atoms with van der Waals surface area (Å²) in [7, 11) is 1.63. The number of aliphatic hydroxyl groups excluding tert-OH is 1. The van der Waals surface area contributed by atoms with E-state index in [0.29, 0.717) is 23.8 Å². The van der Waals surface area contributed by atoms with Crippen LogP contribution in [0.2, 0.25) is 0 Å². The zero-order valence-corrected chi connectivity index (χ0v) is 20.9. The molecule has 0 amide bonds. The van der Waals surface area contributed by atoms with Crippen LogP contribution in [0.4, 0.5) is 0 Å². The third-order valence-electron chi connectivity index (χ3n) is 8.93. The van der Waals surface area contributed by atoms with E-state index in [9.17, 15) is 10.4 Å². The average molecular weight is 492 g/mol. The standard InChI is InChI=1S/C30H29N5O2/c1-37-25-14-24-27(32-28(25)29(17-31)11-10-19-4-2-3-5-23(19)29)26(34-33-24)20-6-8-21(9-7-20)30-15-22(30)16-35(18-30)12-13-36/h2-9,14,22,36H,10-13,15-16,18H2,1H3,(H,33,34)/t22-,29?,30+/m1/s1. The molecule has 2 aromatic carbocycles. The van der Waals surface area contributed by atoms with Gasteiger partial charge in [0.25, 0.3) is 0 Å². The number of rotatable bonds is 6. The van der Waals surface area contributed by atoms with Gasteiger partial charge in [0.15, 0.2) is 0 Å². The van der Waals surface area contributed by atoms with E-state index in [0.717, 1.165) is 53.9 Å². The van der Waals surface area contributed by atoms with Crippen molar-refractivity contribution in [3.05, 3.63) is 77.0 Å². The molecule has 2 fully saturated rings. The molecule has 0 bridgehead atoms. The highest BCUT2D eigenvalue weighted by molar-refractivity contribution is 5.91. The minimum Gasteiger partial charge on any atom is -0.495 e. The molecule has 3 heterocycles. The number of nitriles is 1. The quantitative estimate of drug-likeness (QED) is 0.424. The van der Waals surface area contributed by atoms with Gasteiger partial charge < -0.3 is 9.84 Å². The van der Waals surface area contributed by atoms with Crippen LogP contribution >= 0.6 is 0 Å². The molecule has 1 saturated heterocycles. The topological polar surface area (TPSA) is 98.1 Å². The van der Waals surface area contributed by atoms with Gasteiger partial charge in [-0.25, -0.2) is 4.98 Å². The fourth-order valence-corrected chi connectivity index (χ4v) is 6.92. The molecule has 0 spiro atoms. The highest BCUT2D eigenvalue weighted by Gasteiger charge is 2.60. The van der Waals surface area contributed by atoms with Crippen LogP contribution in [0.15, 0.2) is 54.6 Å². The molecular formula is C30H29N5O2. The molecule has 7 nitrogen and oxygen atoms in total. The smallest absolute Gasteiger partial charge is 0.144 e. The van der Waals surface area contributed by atoms with Crippen LogP contribution in [0.1, 0.15) is 35.2 Å². The van der Waals surface area contributed by atoms with Crippen LogP contribution in [0, 0.1) is 17.2 Å². The van der Waals surface area contributed by atoms with Crippen LogP contribution in [0.3, 0.4) is 0 Å². The van der Waals surface area contributed by atoms with Gasteiger partial charge in [-0.05, 0) is 41.9 Å². The molecule has 3 atom stereocenters. The van der Waals surface area contributed by atoms with E-state index >= 15 is 0 Å². The maximum atomic E-state index is 10.5. The Bertz CT molecular complexity index is 1550. The number of β-amino-alcohol motifs (C(OH)–C–C–N with tert-alkyl or cyclic N) is 1. The van der Waals surface area contributed by atoms with Gasteiger partial charge >= 0.3 is 0 Å². The SMILES string of the molecule is COc1cc2[nH]nc(-c3ccc([C@@]45C[C@@H]4CN(CCO)C5)cc3)c2nc1C1(C#N)CCc2ccccc21. The Morgan fingerprint density at radius 2 is 2.05 bits per heavy atom. The Balaban J connectivity index is 1.28. The number of aromatic amines is 1. The second kappa shape index (κ2) is 8.14. The third kappa shape index (κ3) is 3.19. The monoisotopic (exact) mass is 491 g/mol. The number of fused-ring (bicyclic) bond motifs is 3. The van der Waals surface area contributed by atoms with Gasteiger partial charge in [-0.2, -0.15) is 10.4 Å². The van der Waals surface area contributed by atoms with Crippen molar-refractivity contribution in [2.45, 2.75) is 30.1 Å². The average Bonchev–Trinajstić information content (AvgIpc) is 3.25. The first-order chi connectivity index (χ1) is 18.1. The molecule has 1 aliphatic heterocycles. The van der Waals surface area contributed by atoms with E-state index in [1.54, 1.807) is 7.11 Å². The number of hydrogen-bond acceptors (Lipinski definition) is 6. The summed E-state index contributed by atoms with van der Waals surface area (Å²) >= 11 is 0. The van der Waals surface area contributed by atoms with Crippen molar-refractivity contribution < 1.29 is 9.84 Å². The van der Waals surface area contributed by atoms with Crippen LogP contribution < -0.4 is 4.74 Å². The van der Waals surface area contributed by atoms with Crippen LogP contribution in [-0.4, -0.2) is 58.5 Å². The molecule has 7 rings (SSSR count). The third-order valence-corrected chi connectivity index (χ3v) is 8.93. The molecule has 186 valence electrons. The summed E-state index contributed by atoms with van der Waals surface area (Å²) in [6, 6.07) is 21.4. The highest BCUT2D eigenvalue weighted by Crippen LogP contribution is 2.59. The lowest BCUT2D eigenvalue weighted by molar-refractivity contribution is 0.207. The Hall–Kier alpha value is -3.73. The fourth-order valence-electron chi connectivity index (χ4n) is 6.92. The number of nitrogens with zero attached hydrogens (tertiary/aromatic N) is 4. The molecular weight excluding hydrogens is 462 g/mol. The van der Waals surface area contributed by atoms with E-state index in [4.69, 9.17) is 9.72 Å². The number of aromatic nitrogens is 3. The molecule has 2 aliphatic carbocycles. The number of nitrogens with one attached hydrogen (secondary N) is 1. The fraction of sp³-hybridized carbons (Fsp3) is 0.367. The molecule has 4 aromatic rings. The number of methoxy groups -OCH3 is 1.